The van der Waals surface area contributed by atoms with E-state index >= 15 is 0 Å². The van der Waals surface area contributed by atoms with Crippen molar-refractivity contribution in [2.24, 2.45) is 0 Å². The first-order valence-corrected chi connectivity index (χ1v) is 11.4. The van der Waals surface area contributed by atoms with Gasteiger partial charge in [0.2, 0.25) is 0 Å². The van der Waals surface area contributed by atoms with Crippen LogP contribution in [0.2, 0.25) is 0 Å². The summed E-state index contributed by atoms with van der Waals surface area (Å²) in [6.07, 6.45) is 0. The number of methoxy groups -OCH3 is 2. The van der Waals surface area contributed by atoms with Crippen LogP contribution in [0, 0.1) is 5.82 Å². The fraction of sp³-hybridized carbons (Fsp3) is 0.391. The highest BCUT2D eigenvalue weighted by Gasteiger charge is 2.24. The minimum atomic E-state index is -0.363. The van der Waals surface area contributed by atoms with Gasteiger partial charge in [0.1, 0.15) is 33.3 Å². The Labute approximate surface area is 195 Å². The molecule has 1 saturated heterocycles. The van der Waals surface area contributed by atoms with Crippen molar-refractivity contribution in [2.75, 3.05) is 65.1 Å². The molecule has 0 atom stereocenters. The number of ether oxygens (including phenoxy) is 4. The smallest absolute Gasteiger partial charge is 0.266 e. The van der Waals surface area contributed by atoms with Gasteiger partial charge < -0.3 is 18.9 Å². The fourth-order valence-corrected chi connectivity index (χ4v) is 4.65. The van der Waals surface area contributed by atoms with Gasteiger partial charge in [-0.2, -0.15) is 0 Å². The zero-order chi connectivity index (χ0) is 23.2. The number of rotatable bonds is 9. The van der Waals surface area contributed by atoms with Gasteiger partial charge in [0.05, 0.1) is 27.4 Å². The second-order valence-corrected chi connectivity index (χ2v) is 8.36. The maximum atomic E-state index is 13.2. The number of fused-ring (bicyclic) bond motifs is 1. The summed E-state index contributed by atoms with van der Waals surface area (Å²) in [7, 11) is 3.18. The predicted molar refractivity (Wildman–Crippen MR) is 124 cm³/mol. The first kappa shape index (κ1) is 23.2. The molecule has 8 nitrogen and oxygen atoms in total. The summed E-state index contributed by atoms with van der Waals surface area (Å²) in [4.78, 5) is 21.8. The van der Waals surface area contributed by atoms with Crippen LogP contribution in [0.15, 0.2) is 36.4 Å². The topological polar surface area (TPSA) is 73.4 Å². The molecule has 1 fully saturated rings. The number of morpholine rings is 1. The van der Waals surface area contributed by atoms with E-state index in [0.29, 0.717) is 54.2 Å². The van der Waals surface area contributed by atoms with Crippen molar-refractivity contribution in [2.45, 2.75) is 0 Å². The minimum absolute atomic E-state index is 0.195. The summed E-state index contributed by atoms with van der Waals surface area (Å²) in [6.45, 7) is 3.91. The number of thiazole rings is 1. The van der Waals surface area contributed by atoms with Crippen LogP contribution in [0.4, 0.5) is 9.52 Å². The maximum absolute atomic E-state index is 13.2. The maximum Gasteiger partial charge on any atom is 0.266 e. The first-order valence-electron chi connectivity index (χ1n) is 10.6. The lowest BCUT2D eigenvalue weighted by Gasteiger charge is -2.29. The van der Waals surface area contributed by atoms with Crippen molar-refractivity contribution in [1.29, 1.82) is 0 Å². The van der Waals surface area contributed by atoms with E-state index in [1.807, 2.05) is 6.07 Å². The fourth-order valence-electron chi connectivity index (χ4n) is 3.54. The van der Waals surface area contributed by atoms with Crippen molar-refractivity contribution < 1.29 is 28.1 Å². The zero-order valence-electron chi connectivity index (χ0n) is 18.6. The van der Waals surface area contributed by atoms with Crippen LogP contribution >= 0.6 is 11.3 Å². The van der Waals surface area contributed by atoms with E-state index < -0.39 is 0 Å². The molecule has 1 aliphatic rings. The molecule has 0 saturated carbocycles. The van der Waals surface area contributed by atoms with Crippen molar-refractivity contribution >= 4 is 32.6 Å². The predicted octanol–water partition coefficient (Wildman–Crippen LogP) is 3.20. The van der Waals surface area contributed by atoms with Crippen molar-refractivity contribution in [3.8, 4) is 17.2 Å². The van der Waals surface area contributed by atoms with Crippen LogP contribution in [-0.4, -0.2) is 76.0 Å². The molecule has 1 aliphatic heterocycles. The number of halogens is 1. The number of anilines is 1. The molecule has 10 heteroatoms. The van der Waals surface area contributed by atoms with Crippen LogP contribution in [0.1, 0.15) is 0 Å². The van der Waals surface area contributed by atoms with E-state index in [9.17, 15) is 9.18 Å². The Morgan fingerprint density at radius 3 is 2.52 bits per heavy atom. The van der Waals surface area contributed by atoms with E-state index in [1.165, 1.54) is 35.6 Å². The van der Waals surface area contributed by atoms with Crippen LogP contribution in [0.25, 0.3) is 10.2 Å². The Bertz CT molecular complexity index is 1040. The third kappa shape index (κ3) is 5.52. The number of hydrogen-bond acceptors (Lipinski definition) is 8. The quantitative estimate of drug-likeness (QED) is 0.471. The number of aromatic nitrogens is 1. The monoisotopic (exact) mass is 475 g/mol. The van der Waals surface area contributed by atoms with Crippen molar-refractivity contribution in [3.63, 3.8) is 0 Å². The molecule has 1 amide bonds. The highest BCUT2D eigenvalue weighted by atomic mass is 32.1. The molecule has 0 aliphatic carbocycles. The number of carbonyl (C=O) groups excluding carboxylic acids is 1. The van der Waals surface area contributed by atoms with Gasteiger partial charge in [-0.25, -0.2) is 9.37 Å². The second-order valence-electron chi connectivity index (χ2n) is 7.39. The van der Waals surface area contributed by atoms with E-state index in [1.54, 1.807) is 25.2 Å². The second kappa shape index (κ2) is 10.8. The lowest BCUT2D eigenvalue weighted by molar-refractivity contribution is -0.120. The van der Waals surface area contributed by atoms with Gasteiger partial charge in [-0.1, -0.05) is 11.3 Å². The Morgan fingerprint density at radius 1 is 1.12 bits per heavy atom. The van der Waals surface area contributed by atoms with E-state index in [0.717, 1.165) is 17.8 Å². The van der Waals surface area contributed by atoms with Gasteiger partial charge in [0.25, 0.3) is 5.91 Å². The Balaban J connectivity index is 1.58. The number of benzene rings is 2. The van der Waals surface area contributed by atoms with Crippen LogP contribution in [0.3, 0.4) is 0 Å². The van der Waals surface area contributed by atoms with E-state index in [2.05, 4.69) is 4.90 Å². The van der Waals surface area contributed by atoms with Crippen molar-refractivity contribution in [3.05, 3.63) is 42.2 Å². The number of amides is 1. The molecular weight excluding hydrogens is 449 g/mol. The third-order valence-corrected chi connectivity index (χ3v) is 6.44. The summed E-state index contributed by atoms with van der Waals surface area (Å²) in [5.41, 5.74) is 0.639. The Hall–Kier alpha value is -2.95. The van der Waals surface area contributed by atoms with Gasteiger partial charge in [-0.05, 0) is 36.4 Å². The molecular formula is C23H26FN3O5S. The number of carbonyl (C=O) groups is 1. The van der Waals surface area contributed by atoms with E-state index in [4.69, 9.17) is 23.9 Å². The molecule has 1 aromatic heterocycles. The molecule has 2 heterocycles. The van der Waals surface area contributed by atoms with Gasteiger partial charge >= 0.3 is 0 Å². The molecule has 2 aromatic carbocycles. The first-order chi connectivity index (χ1) is 16.1. The average molecular weight is 476 g/mol. The van der Waals surface area contributed by atoms with Crippen molar-refractivity contribution in [1.82, 2.24) is 9.88 Å². The largest absolute Gasteiger partial charge is 0.495 e. The minimum Gasteiger partial charge on any atom is -0.495 e. The van der Waals surface area contributed by atoms with E-state index in [-0.39, 0.29) is 18.3 Å². The summed E-state index contributed by atoms with van der Waals surface area (Å²) in [6, 6.07) is 9.19. The third-order valence-electron chi connectivity index (χ3n) is 5.35. The van der Waals surface area contributed by atoms with Gasteiger partial charge in [0, 0.05) is 26.2 Å². The molecule has 176 valence electrons. The Morgan fingerprint density at radius 2 is 1.82 bits per heavy atom. The van der Waals surface area contributed by atoms with Gasteiger partial charge in [0.15, 0.2) is 11.7 Å². The van der Waals surface area contributed by atoms with Gasteiger partial charge in [-0.15, -0.1) is 0 Å². The molecule has 0 radical (unpaired) electrons. The van der Waals surface area contributed by atoms with Crippen LogP contribution < -0.4 is 19.1 Å². The number of nitrogens with zero attached hydrogens (tertiary/aromatic N) is 3. The summed E-state index contributed by atoms with van der Waals surface area (Å²) in [5, 5.41) is 0.536. The molecule has 0 unspecified atom stereocenters. The average Bonchev–Trinajstić information content (AvgIpc) is 3.29. The highest BCUT2D eigenvalue weighted by molar-refractivity contribution is 7.22. The molecule has 0 bridgehead atoms. The number of hydrogen-bond donors (Lipinski definition) is 0. The van der Waals surface area contributed by atoms with Gasteiger partial charge in [-0.3, -0.25) is 14.6 Å². The SMILES string of the molecule is COc1ccc(OC)c2sc(N(CCN3CCOCC3)C(=O)COc3ccc(F)cc3)nc12. The molecule has 0 spiro atoms. The molecule has 3 aromatic rings. The Kier molecular flexibility index (Phi) is 7.58. The lowest BCUT2D eigenvalue weighted by atomic mass is 10.3. The summed E-state index contributed by atoms with van der Waals surface area (Å²) in [5.74, 6) is 1.09. The molecule has 4 rings (SSSR count). The molecule has 0 N–H and O–H groups in total. The summed E-state index contributed by atoms with van der Waals surface area (Å²) >= 11 is 1.37. The van der Waals surface area contributed by atoms with Crippen LogP contribution in [-0.2, 0) is 9.53 Å². The lowest BCUT2D eigenvalue weighted by Crippen LogP contribution is -2.44. The summed E-state index contributed by atoms with van der Waals surface area (Å²) < 4.78 is 35.9. The van der Waals surface area contributed by atoms with Crippen LogP contribution in [0.5, 0.6) is 17.2 Å². The standard InChI is InChI=1S/C23H26FN3O5S/c1-29-18-7-8-19(30-2)22-21(18)25-23(33-22)27(10-9-26-11-13-31-14-12-26)20(28)15-32-17-5-3-16(24)4-6-17/h3-8H,9-15H2,1-2H3. The zero-order valence-corrected chi connectivity index (χ0v) is 19.4. The molecule has 33 heavy (non-hydrogen) atoms. The normalized spacial score (nSPS) is 14.3. The highest BCUT2D eigenvalue weighted by Crippen LogP contribution is 2.40.